The zero-order valence-electron chi connectivity index (χ0n) is 14.9. The van der Waals surface area contributed by atoms with Gasteiger partial charge in [-0.25, -0.2) is 0 Å². The van der Waals surface area contributed by atoms with Crippen molar-refractivity contribution >= 4 is 11.6 Å². The minimum atomic E-state index is -0.297. The van der Waals surface area contributed by atoms with Gasteiger partial charge in [-0.15, -0.1) is 0 Å². The molecule has 0 saturated carbocycles. The van der Waals surface area contributed by atoms with Crippen LogP contribution < -0.4 is 10.1 Å². The Labute approximate surface area is 157 Å². The Balaban J connectivity index is 1.75. The molecule has 27 heavy (non-hydrogen) atoms. The number of nitrogens with one attached hydrogen (secondary N) is 1. The molecule has 2 aromatic carbocycles. The molecule has 0 atom stereocenters. The molecule has 0 bridgehead atoms. The third kappa shape index (κ3) is 4.53. The van der Waals surface area contributed by atoms with E-state index >= 15 is 0 Å². The lowest BCUT2D eigenvalue weighted by Gasteiger charge is -2.09. The lowest BCUT2D eigenvalue weighted by molar-refractivity contribution is 0.102. The maximum Gasteiger partial charge on any atom is 0.261 e. The fourth-order valence-electron chi connectivity index (χ4n) is 2.63. The van der Waals surface area contributed by atoms with E-state index in [4.69, 9.17) is 14.5 Å². The Morgan fingerprint density at radius 2 is 2.04 bits per heavy atom. The van der Waals surface area contributed by atoms with Gasteiger partial charge in [-0.1, -0.05) is 41.6 Å². The van der Waals surface area contributed by atoms with Gasteiger partial charge < -0.3 is 14.6 Å². The zero-order valence-corrected chi connectivity index (χ0v) is 14.9. The quantitative estimate of drug-likeness (QED) is 0.622. The normalized spacial score (nSPS) is 10.2. The van der Waals surface area contributed by atoms with Gasteiger partial charge in [0.2, 0.25) is 0 Å². The predicted molar refractivity (Wildman–Crippen MR) is 101 cm³/mol. The van der Waals surface area contributed by atoms with Gasteiger partial charge in [0.15, 0.2) is 0 Å². The SMILES string of the molecule is Cc1onc(-c2ccccc2)c1C(=O)Nc1cccc(OCCCC#N)c1. The number of hydrogen-bond acceptors (Lipinski definition) is 5. The summed E-state index contributed by atoms with van der Waals surface area (Å²) < 4.78 is 10.9. The van der Waals surface area contributed by atoms with E-state index in [1.54, 1.807) is 25.1 Å². The highest BCUT2D eigenvalue weighted by Crippen LogP contribution is 2.26. The van der Waals surface area contributed by atoms with E-state index in [-0.39, 0.29) is 5.91 Å². The molecule has 0 unspecified atom stereocenters. The minimum absolute atomic E-state index is 0.297. The van der Waals surface area contributed by atoms with Crippen molar-refractivity contribution in [1.82, 2.24) is 5.16 Å². The number of aromatic nitrogens is 1. The summed E-state index contributed by atoms with van der Waals surface area (Å²) in [6, 6.07) is 18.6. The van der Waals surface area contributed by atoms with Gasteiger partial charge in [-0.3, -0.25) is 4.79 Å². The van der Waals surface area contributed by atoms with Gasteiger partial charge in [-0.2, -0.15) is 5.26 Å². The molecule has 0 radical (unpaired) electrons. The molecular formula is C21H19N3O3. The molecule has 3 rings (SSSR count). The summed E-state index contributed by atoms with van der Waals surface area (Å²) in [5.74, 6) is 0.792. The van der Waals surface area contributed by atoms with Crippen LogP contribution in [0, 0.1) is 18.3 Å². The van der Waals surface area contributed by atoms with E-state index in [0.29, 0.717) is 47.9 Å². The van der Waals surface area contributed by atoms with Crippen LogP contribution in [0.15, 0.2) is 59.1 Å². The highest BCUT2D eigenvalue weighted by atomic mass is 16.5. The third-order valence-electron chi connectivity index (χ3n) is 3.93. The van der Waals surface area contributed by atoms with E-state index < -0.39 is 0 Å². The van der Waals surface area contributed by atoms with Crippen LogP contribution in [-0.2, 0) is 0 Å². The van der Waals surface area contributed by atoms with E-state index in [1.807, 2.05) is 36.4 Å². The number of hydrogen-bond donors (Lipinski definition) is 1. The van der Waals surface area contributed by atoms with E-state index in [9.17, 15) is 4.79 Å². The largest absolute Gasteiger partial charge is 0.493 e. The Hall–Kier alpha value is -3.59. The maximum absolute atomic E-state index is 12.8. The maximum atomic E-state index is 12.8. The second-order valence-corrected chi connectivity index (χ2v) is 5.92. The topological polar surface area (TPSA) is 88.2 Å². The van der Waals surface area contributed by atoms with Crippen molar-refractivity contribution in [3.05, 3.63) is 65.9 Å². The van der Waals surface area contributed by atoms with E-state index in [1.165, 1.54) is 0 Å². The zero-order chi connectivity index (χ0) is 19.1. The predicted octanol–water partition coefficient (Wildman–Crippen LogP) is 4.58. The number of nitriles is 1. The van der Waals surface area contributed by atoms with Crippen LogP contribution in [0.5, 0.6) is 5.75 Å². The Morgan fingerprint density at radius 3 is 2.81 bits per heavy atom. The van der Waals surface area contributed by atoms with Crippen LogP contribution in [-0.4, -0.2) is 17.7 Å². The molecule has 0 saturated heterocycles. The van der Waals surface area contributed by atoms with E-state index in [2.05, 4.69) is 16.5 Å². The van der Waals surface area contributed by atoms with Crippen molar-refractivity contribution < 1.29 is 14.1 Å². The van der Waals surface area contributed by atoms with Crippen molar-refractivity contribution in [3.8, 4) is 23.1 Å². The second kappa shape index (κ2) is 8.68. The lowest BCUT2D eigenvalue weighted by Crippen LogP contribution is -2.13. The summed E-state index contributed by atoms with van der Waals surface area (Å²) in [7, 11) is 0. The molecule has 1 N–H and O–H groups in total. The number of aryl methyl sites for hydroxylation is 1. The molecule has 136 valence electrons. The molecule has 6 heteroatoms. The molecule has 1 amide bonds. The van der Waals surface area contributed by atoms with Crippen molar-refractivity contribution in [2.75, 3.05) is 11.9 Å². The lowest BCUT2D eigenvalue weighted by atomic mass is 10.1. The van der Waals surface area contributed by atoms with Crippen molar-refractivity contribution in [2.45, 2.75) is 19.8 Å². The van der Waals surface area contributed by atoms with E-state index in [0.717, 1.165) is 5.56 Å². The summed E-state index contributed by atoms with van der Waals surface area (Å²) in [6.07, 6.45) is 1.11. The first-order valence-corrected chi connectivity index (χ1v) is 8.62. The van der Waals surface area contributed by atoms with Gasteiger partial charge in [0.05, 0.1) is 12.7 Å². The van der Waals surface area contributed by atoms with Gasteiger partial charge in [0, 0.05) is 23.7 Å². The third-order valence-corrected chi connectivity index (χ3v) is 3.93. The number of amides is 1. The van der Waals surface area contributed by atoms with Gasteiger partial charge in [0.1, 0.15) is 22.8 Å². The molecule has 1 heterocycles. The van der Waals surface area contributed by atoms with Crippen LogP contribution in [0.2, 0.25) is 0 Å². The average Bonchev–Trinajstić information content (AvgIpc) is 3.08. The molecule has 1 aromatic heterocycles. The first-order valence-electron chi connectivity index (χ1n) is 8.62. The van der Waals surface area contributed by atoms with Crippen LogP contribution in [0.3, 0.4) is 0 Å². The highest BCUT2D eigenvalue weighted by Gasteiger charge is 2.21. The second-order valence-electron chi connectivity index (χ2n) is 5.92. The number of nitrogens with zero attached hydrogens (tertiary/aromatic N) is 2. The highest BCUT2D eigenvalue weighted by molar-refractivity contribution is 6.08. The molecule has 6 nitrogen and oxygen atoms in total. The number of carbonyl (C=O) groups excluding carboxylic acids is 1. The Morgan fingerprint density at radius 1 is 1.22 bits per heavy atom. The summed E-state index contributed by atoms with van der Waals surface area (Å²) in [5, 5.41) is 15.5. The van der Waals surface area contributed by atoms with Crippen LogP contribution in [0.4, 0.5) is 5.69 Å². The Bertz CT molecular complexity index is 958. The molecule has 0 aliphatic rings. The number of rotatable bonds is 7. The van der Waals surface area contributed by atoms with Crippen molar-refractivity contribution in [2.24, 2.45) is 0 Å². The average molecular weight is 361 g/mol. The number of anilines is 1. The van der Waals surface area contributed by atoms with Gasteiger partial charge in [-0.05, 0) is 25.5 Å². The standard InChI is InChI=1S/C21H19N3O3/c1-15-19(20(24-27-15)16-8-3-2-4-9-16)21(25)23-17-10-7-11-18(14-17)26-13-6-5-12-22/h2-4,7-11,14H,5-6,13H2,1H3,(H,23,25). The number of carbonyl (C=O) groups is 1. The van der Waals surface area contributed by atoms with Crippen LogP contribution >= 0.6 is 0 Å². The molecule has 0 fully saturated rings. The summed E-state index contributed by atoms with van der Waals surface area (Å²) in [5.41, 5.74) is 2.34. The molecular weight excluding hydrogens is 342 g/mol. The smallest absolute Gasteiger partial charge is 0.261 e. The monoisotopic (exact) mass is 361 g/mol. The fraction of sp³-hybridized carbons (Fsp3) is 0.190. The van der Waals surface area contributed by atoms with Gasteiger partial charge >= 0.3 is 0 Å². The Kier molecular flexibility index (Phi) is 5.85. The summed E-state index contributed by atoms with van der Waals surface area (Å²) in [6.45, 7) is 2.16. The number of benzene rings is 2. The summed E-state index contributed by atoms with van der Waals surface area (Å²) >= 11 is 0. The first-order chi connectivity index (χ1) is 13.2. The summed E-state index contributed by atoms with van der Waals surface area (Å²) in [4.78, 5) is 12.8. The molecule has 0 spiro atoms. The fourth-order valence-corrected chi connectivity index (χ4v) is 2.63. The molecule has 0 aliphatic carbocycles. The van der Waals surface area contributed by atoms with Crippen LogP contribution in [0.1, 0.15) is 29.0 Å². The molecule has 3 aromatic rings. The van der Waals surface area contributed by atoms with Gasteiger partial charge in [0.25, 0.3) is 5.91 Å². The minimum Gasteiger partial charge on any atom is -0.493 e. The number of ether oxygens (including phenoxy) is 1. The molecule has 0 aliphatic heterocycles. The van der Waals surface area contributed by atoms with Crippen molar-refractivity contribution in [3.63, 3.8) is 0 Å². The van der Waals surface area contributed by atoms with Crippen molar-refractivity contribution in [1.29, 1.82) is 5.26 Å². The number of unbranched alkanes of at least 4 members (excludes halogenated alkanes) is 1. The first kappa shape index (κ1) is 18.2. The van der Waals surface area contributed by atoms with Crippen LogP contribution in [0.25, 0.3) is 11.3 Å².